The maximum Gasteiger partial charge on any atom is 0.586 e. The molecule has 0 amide bonds. The van der Waals surface area contributed by atoms with Crippen molar-refractivity contribution in [2.24, 2.45) is 0 Å². The van der Waals surface area contributed by atoms with E-state index in [1.807, 2.05) is 4.68 Å². The SMILES string of the molecule is FC1(F)Oc2ccc(-n3nc(N4CCN(CCCl)CC4)cc3C3CCC3)cc2O1. The average Bonchev–Trinajstić information content (AvgIpc) is 3.20. The molecular weight excluding hydrogens is 402 g/mol. The van der Waals surface area contributed by atoms with Crippen molar-refractivity contribution in [3.05, 3.63) is 30.0 Å². The first kappa shape index (κ1) is 18.9. The lowest BCUT2D eigenvalue weighted by molar-refractivity contribution is -0.286. The predicted molar refractivity (Wildman–Crippen MR) is 106 cm³/mol. The van der Waals surface area contributed by atoms with Crippen LogP contribution in [0.5, 0.6) is 11.5 Å². The number of benzene rings is 1. The van der Waals surface area contributed by atoms with Crippen molar-refractivity contribution >= 4 is 17.4 Å². The molecular formula is C20H23ClF2N4O2. The third-order valence-corrected chi connectivity index (χ3v) is 6.14. The van der Waals surface area contributed by atoms with Gasteiger partial charge in [0.25, 0.3) is 0 Å². The van der Waals surface area contributed by atoms with Gasteiger partial charge in [-0.05, 0) is 25.0 Å². The van der Waals surface area contributed by atoms with Gasteiger partial charge in [0, 0.05) is 62.3 Å². The third-order valence-electron chi connectivity index (χ3n) is 5.97. The second kappa shape index (κ2) is 7.32. The number of rotatable bonds is 5. The van der Waals surface area contributed by atoms with Crippen LogP contribution in [-0.2, 0) is 0 Å². The van der Waals surface area contributed by atoms with Crippen LogP contribution in [0, 0.1) is 0 Å². The van der Waals surface area contributed by atoms with Crippen LogP contribution in [0.1, 0.15) is 30.9 Å². The summed E-state index contributed by atoms with van der Waals surface area (Å²) in [5, 5.41) is 4.85. The number of hydrogen-bond acceptors (Lipinski definition) is 5. The molecule has 1 aliphatic carbocycles. The van der Waals surface area contributed by atoms with Crippen LogP contribution in [0.3, 0.4) is 0 Å². The molecule has 0 radical (unpaired) electrons. The fraction of sp³-hybridized carbons (Fsp3) is 0.550. The maximum atomic E-state index is 13.4. The Bertz CT molecular complexity index is 895. The van der Waals surface area contributed by atoms with Crippen molar-refractivity contribution in [1.29, 1.82) is 0 Å². The first-order valence-electron chi connectivity index (χ1n) is 10.1. The molecule has 0 atom stereocenters. The molecule has 2 fully saturated rings. The molecule has 3 heterocycles. The number of aromatic nitrogens is 2. The van der Waals surface area contributed by atoms with Crippen LogP contribution in [0.15, 0.2) is 24.3 Å². The number of fused-ring (bicyclic) bond motifs is 1. The van der Waals surface area contributed by atoms with Gasteiger partial charge in [-0.2, -0.15) is 0 Å². The van der Waals surface area contributed by atoms with Crippen molar-refractivity contribution in [1.82, 2.24) is 14.7 Å². The van der Waals surface area contributed by atoms with E-state index >= 15 is 0 Å². The Morgan fingerprint density at radius 3 is 2.52 bits per heavy atom. The van der Waals surface area contributed by atoms with Gasteiger partial charge in [-0.1, -0.05) is 6.42 Å². The zero-order valence-electron chi connectivity index (χ0n) is 16.0. The summed E-state index contributed by atoms with van der Waals surface area (Å²) in [6.07, 6.45) is -0.167. The van der Waals surface area contributed by atoms with E-state index in [4.69, 9.17) is 16.7 Å². The molecule has 0 unspecified atom stereocenters. The summed E-state index contributed by atoms with van der Waals surface area (Å²) in [5.74, 6) is 2.11. The molecule has 2 aromatic rings. The number of alkyl halides is 3. The van der Waals surface area contributed by atoms with E-state index in [0.717, 1.165) is 57.1 Å². The van der Waals surface area contributed by atoms with E-state index in [1.54, 1.807) is 12.1 Å². The molecule has 6 nitrogen and oxygen atoms in total. The first-order chi connectivity index (χ1) is 14.0. The lowest BCUT2D eigenvalue weighted by Gasteiger charge is -2.34. The van der Waals surface area contributed by atoms with Gasteiger partial charge in [0.1, 0.15) is 0 Å². The van der Waals surface area contributed by atoms with E-state index in [2.05, 4.69) is 25.3 Å². The van der Waals surface area contributed by atoms with Crippen molar-refractivity contribution in [3.63, 3.8) is 0 Å². The number of nitrogens with zero attached hydrogens (tertiary/aromatic N) is 4. The van der Waals surface area contributed by atoms with Crippen molar-refractivity contribution in [3.8, 4) is 17.2 Å². The summed E-state index contributed by atoms with van der Waals surface area (Å²) in [7, 11) is 0. The topological polar surface area (TPSA) is 42.8 Å². The van der Waals surface area contributed by atoms with Gasteiger partial charge in [-0.25, -0.2) is 4.68 Å². The van der Waals surface area contributed by atoms with E-state index in [1.165, 1.54) is 12.5 Å². The Labute approximate surface area is 172 Å². The fourth-order valence-corrected chi connectivity index (χ4v) is 4.37. The second-order valence-corrected chi connectivity index (χ2v) is 8.16. The summed E-state index contributed by atoms with van der Waals surface area (Å²) >= 11 is 5.86. The Morgan fingerprint density at radius 2 is 1.83 bits per heavy atom. The normalized spacial score (nSPS) is 21.4. The van der Waals surface area contributed by atoms with Crippen LogP contribution in [-0.4, -0.2) is 59.6 Å². The Hall–Kier alpha value is -2.06. The van der Waals surface area contributed by atoms with Gasteiger partial charge in [0.15, 0.2) is 17.3 Å². The van der Waals surface area contributed by atoms with Gasteiger partial charge < -0.3 is 14.4 Å². The summed E-state index contributed by atoms with van der Waals surface area (Å²) in [6, 6.07) is 7.00. The number of halogens is 3. The molecule has 3 aliphatic rings. The fourth-order valence-electron chi connectivity index (χ4n) is 4.13. The zero-order chi connectivity index (χ0) is 20.0. The van der Waals surface area contributed by atoms with Crippen LogP contribution < -0.4 is 14.4 Å². The molecule has 1 aromatic heterocycles. The van der Waals surface area contributed by atoms with Crippen LogP contribution >= 0.6 is 11.6 Å². The van der Waals surface area contributed by atoms with E-state index in [-0.39, 0.29) is 11.5 Å². The number of hydrogen-bond donors (Lipinski definition) is 0. The summed E-state index contributed by atoms with van der Waals surface area (Å²) in [6.45, 7) is 4.60. The molecule has 1 saturated heterocycles. The highest BCUT2D eigenvalue weighted by Crippen LogP contribution is 2.43. The maximum absolute atomic E-state index is 13.4. The molecule has 1 saturated carbocycles. The van der Waals surface area contributed by atoms with Crippen molar-refractivity contribution in [2.45, 2.75) is 31.5 Å². The van der Waals surface area contributed by atoms with Gasteiger partial charge in [0.05, 0.1) is 5.69 Å². The number of anilines is 1. The van der Waals surface area contributed by atoms with E-state index in [0.29, 0.717) is 17.5 Å². The summed E-state index contributed by atoms with van der Waals surface area (Å²) < 4.78 is 37.8. The molecule has 0 N–H and O–H groups in total. The summed E-state index contributed by atoms with van der Waals surface area (Å²) in [5.41, 5.74) is 1.83. The molecule has 1 aromatic carbocycles. The minimum Gasteiger partial charge on any atom is -0.395 e. The molecule has 2 aliphatic heterocycles. The van der Waals surface area contributed by atoms with Gasteiger partial charge >= 0.3 is 6.29 Å². The Kier molecular flexibility index (Phi) is 4.78. The van der Waals surface area contributed by atoms with Crippen molar-refractivity contribution < 1.29 is 18.3 Å². The van der Waals surface area contributed by atoms with Gasteiger partial charge in [-0.3, -0.25) is 4.90 Å². The van der Waals surface area contributed by atoms with Crippen molar-refractivity contribution in [2.75, 3.05) is 43.5 Å². The molecule has 156 valence electrons. The smallest absolute Gasteiger partial charge is 0.395 e. The Balaban J connectivity index is 1.43. The Morgan fingerprint density at radius 1 is 1.07 bits per heavy atom. The molecule has 0 bridgehead atoms. The molecule has 9 heteroatoms. The summed E-state index contributed by atoms with van der Waals surface area (Å²) in [4.78, 5) is 4.63. The predicted octanol–water partition coefficient (Wildman–Crippen LogP) is 3.82. The largest absolute Gasteiger partial charge is 0.586 e. The third kappa shape index (κ3) is 3.64. The quantitative estimate of drug-likeness (QED) is 0.682. The zero-order valence-corrected chi connectivity index (χ0v) is 16.7. The van der Waals surface area contributed by atoms with E-state index in [9.17, 15) is 8.78 Å². The molecule has 5 rings (SSSR count). The van der Waals surface area contributed by atoms with Crippen LogP contribution in [0.2, 0.25) is 0 Å². The van der Waals surface area contributed by atoms with Crippen LogP contribution in [0.4, 0.5) is 14.6 Å². The second-order valence-electron chi connectivity index (χ2n) is 7.78. The standard InChI is InChI=1S/C20H23ClF2N4O2/c21-6-7-25-8-10-26(11-9-25)19-13-16(14-2-1-3-14)27(24-19)15-4-5-17-18(12-15)29-20(22,23)28-17/h4-5,12-14H,1-3,6-11H2. The average molecular weight is 425 g/mol. The van der Waals surface area contributed by atoms with Crippen LogP contribution in [0.25, 0.3) is 5.69 Å². The van der Waals surface area contributed by atoms with Gasteiger partial charge in [-0.15, -0.1) is 25.5 Å². The van der Waals surface area contributed by atoms with E-state index < -0.39 is 6.29 Å². The highest BCUT2D eigenvalue weighted by atomic mass is 35.5. The highest BCUT2D eigenvalue weighted by molar-refractivity contribution is 6.18. The highest BCUT2D eigenvalue weighted by Gasteiger charge is 2.43. The number of ether oxygens (including phenoxy) is 2. The minimum absolute atomic E-state index is 0.0406. The number of piperazine rings is 1. The first-order valence-corrected chi connectivity index (χ1v) is 10.6. The lowest BCUT2D eigenvalue weighted by atomic mass is 9.83. The molecule has 29 heavy (non-hydrogen) atoms. The molecule has 0 spiro atoms. The van der Waals surface area contributed by atoms with Gasteiger partial charge in [0.2, 0.25) is 0 Å². The lowest BCUT2D eigenvalue weighted by Crippen LogP contribution is -2.47. The monoisotopic (exact) mass is 424 g/mol. The minimum atomic E-state index is -3.62.